The van der Waals surface area contributed by atoms with Crippen LogP contribution in [0.15, 0.2) is 107 Å². The molecule has 2 atom stereocenters. The number of anilines is 1. The fraction of sp³-hybridized carbons (Fsp3) is 0.333. The first kappa shape index (κ1) is 34.6. The number of esters is 1. The van der Waals surface area contributed by atoms with Crippen LogP contribution < -0.4 is 10.6 Å². The van der Waals surface area contributed by atoms with Crippen molar-refractivity contribution in [2.24, 2.45) is 0 Å². The standard InChI is InChI=1S/C37H40N2O4S.C2H6/c1-25-32(39-36(44-25)29-20-22-30(40)23-21-29)15-9-10-26-16-18-27(19-17-26)24-34(37(42)43-2)38-33-14-8-7-13-31(33)35(41)28-11-5-3-4-6-12-28;1-2/h3,5,7-8,11,13-14,16-23,34,36,38-40H,4,6,9-10,12,15,24H2,1-2H3;1-2H3. The fourth-order valence-corrected chi connectivity index (χ4v) is 6.75. The second-order valence-corrected chi connectivity index (χ2v) is 12.6. The second kappa shape index (κ2) is 17.5. The van der Waals surface area contributed by atoms with Crippen LogP contribution in [0.1, 0.15) is 85.3 Å². The summed E-state index contributed by atoms with van der Waals surface area (Å²) in [5.41, 5.74) is 6.68. The minimum absolute atomic E-state index is 0.0131. The monoisotopic (exact) mass is 638 g/mol. The maximum absolute atomic E-state index is 13.4. The Morgan fingerprint density at radius 2 is 1.72 bits per heavy atom. The Morgan fingerprint density at radius 1 is 1.00 bits per heavy atom. The molecule has 0 spiro atoms. The number of ketones is 1. The number of thioether (sulfide) groups is 1. The Bertz CT molecular complexity index is 1560. The number of hydrogen-bond donors (Lipinski definition) is 3. The third kappa shape index (κ3) is 9.39. The van der Waals surface area contributed by atoms with Crippen LogP contribution in [0.4, 0.5) is 5.69 Å². The molecule has 3 N–H and O–H groups in total. The van der Waals surface area contributed by atoms with Gasteiger partial charge in [0.05, 0.1) is 7.11 Å². The minimum atomic E-state index is -0.634. The molecule has 6 nitrogen and oxygen atoms in total. The van der Waals surface area contributed by atoms with Gasteiger partial charge in [-0.3, -0.25) is 4.79 Å². The Kier molecular flexibility index (Phi) is 13.1. The van der Waals surface area contributed by atoms with Crippen molar-refractivity contribution in [3.05, 3.63) is 129 Å². The summed E-state index contributed by atoms with van der Waals surface area (Å²) < 4.78 is 5.14. The second-order valence-electron chi connectivity index (χ2n) is 11.2. The first-order valence-corrected chi connectivity index (χ1v) is 17.1. The summed E-state index contributed by atoms with van der Waals surface area (Å²) in [5.74, 6) is -0.104. The van der Waals surface area contributed by atoms with Gasteiger partial charge in [0.1, 0.15) is 17.2 Å². The Hall–Kier alpha value is -4.23. The van der Waals surface area contributed by atoms with Crippen molar-refractivity contribution < 1.29 is 19.4 Å². The summed E-state index contributed by atoms with van der Waals surface area (Å²) in [6.45, 7) is 6.16. The summed E-state index contributed by atoms with van der Waals surface area (Å²) in [6.07, 6.45) is 12.0. The molecule has 2 aliphatic rings. The highest BCUT2D eigenvalue weighted by Gasteiger charge is 2.24. The van der Waals surface area contributed by atoms with Crippen LogP contribution >= 0.6 is 11.8 Å². The zero-order valence-electron chi connectivity index (χ0n) is 27.3. The highest BCUT2D eigenvalue weighted by Crippen LogP contribution is 2.41. The lowest BCUT2D eigenvalue weighted by molar-refractivity contribution is -0.141. The molecule has 0 bridgehead atoms. The molecule has 0 aromatic heterocycles. The Morgan fingerprint density at radius 3 is 2.46 bits per heavy atom. The summed E-state index contributed by atoms with van der Waals surface area (Å²) in [6, 6.07) is 22.5. The number of allylic oxidation sites excluding steroid dienone is 6. The highest BCUT2D eigenvalue weighted by molar-refractivity contribution is 8.03. The smallest absolute Gasteiger partial charge is 0.328 e. The summed E-state index contributed by atoms with van der Waals surface area (Å²) in [4.78, 5) is 27.5. The number of phenols is 1. The zero-order valence-corrected chi connectivity index (χ0v) is 28.2. The van der Waals surface area contributed by atoms with Gasteiger partial charge < -0.3 is 20.5 Å². The largest absolute Gasteiger partial charge is 0.508 e. The topological polar surface area (TPSA) is 87.7 Å². The minimum Gasteiger partial charge on any atom is -0.508 e. The lowest BCUT2D eigenvalue weighted by atomic mass is 9.97. The van der Waals surface area contributed by atoms with E-state index in [9.17, 15) is 14.7 Å². The van der Waals surface area contributed by atoms with E-state index in [0.29, 0.717) is 17.7 Å². The van der Waals surface area contributed by atoms with Crippen molar-refractivity contribution in [1.82, 2.24) is 5.32 Å². The summed E-state index contributed by atoms with van der Waals surface area (Å²) in [7, 11) is 1.39. The molecule has 1 aliphatic carbocycles. The van der Waals surface area contributed by atoms with Crippen LogP contribution in [-0.4, -0.2) is 30.0 Å². The van der Waals surface area contributed by atoms with E-state index in [-0.39, 0.29) is 22.9 Å². The molecule has 5 rings (SSSR count). The number of carbonyl (C=O) groups is 2. The average molecular weight is 639 g/mol. The molecule has 3 aromatic rings. The zero-order chi connectivity index (χ0) is 32.9. The quantitative estimate of drug-likeness (QED) is 0.135. The molecule has 0 saturated carbocycles. The van der Waals surface area contributed by atoms with Crippen LogP contribution in [0.3, 0.4) is 0 Å². The van der Waals surface area contributed by atoms with E-state index in [1.165, 1.54) is 23.3 Å². The molecule has 1 heterocycles. The number of hydrogen-bond acceptors (Lipinski definition) is 7. The van der Waals surface area contributed by atoms with Gasteiger partial charge in [0.25, 0.3) is 0 Å². The van der Waals surface area contributed by atoms with Gasteiger partial charge in [-0.05, 0) is 86.4 Å². The van der Waals surface area contributed by atoms with Gasteiger partial charge >= 0.3 is 5.97 Å². The van der Waals surface area contributed by atoms with Crippen LogP contribution in [0, 0.1) is 0 Å². The van der Waals surface area contributed by atoms with Crippen LogP contribution in [0.5, 0.6) is 5.75 Å². The highest BCUT2D eigenvalue weighted by atomic mass is 32.2. The first-order valence-electron chi connectivity index (χ1n) is 16.2. The molecule has 0 amide bonds. The normalized spacial score (nSPS) is 16.3. The summed E-state index contributed by atoms with van der Waals surface area (Å²) in [5, 5.41) is 16.7. The van der Waals surface area contributed by atoms with Crippen LogP contribution in [0.2, 0.25) is 0 Å². The number of para-hydroxylation sites is 1. The number of methoxy groups -OCH3 is 1. The molecule has 46 heavy (non-hydrogen) atoms. The van der Waals surface area contributed by atoms with Crippen molar-refractivity contribution in [3.8, 4) is 5.75 Å². The SMILES string of the molecule is CC.COC(=O)C(Cc1ccc(CCCC2=C(C)SC(c3ccc(O)cc3)N2)cc1)Nc1ccccc1C(=O)C1=CC=CCCC1. The predicted octanol–water partition coefficient (Wildman–Crippen LogP) is 9.05. The van der Waals surface area contributed by atoms with Gasteiger partial charge in [-0.1, -0.05) is 92.4 Å². The number of aryl methyl sites for hydroxylation is 1. The number of rotatable bonds is 12. The van der Waals surface area contributed by atoms with Crippen molar-refractivity contribution in [1.29, 1.82) is 0 Å². The molecule has 7 heteroatoms. The average Bonchev–Trinajstić information content (AvgIpc) is 3.26. The molecule has 3 aromatic carbocycles. The maximum atomic E-state index is 13.4. The van der Waals surface area contributed by atoms with E-state index in [4.69, 9.17) is 4.74 Å². The first-order chi connectivity index (χ1) is 22.4. The van der Waals surface area contributed by atoms with Gasteiger partial charge in [0, 0.05) is 33.8 Å². The molecular formula is C39H46N2O4S. The number of ether oxygens (including phenoxy) is 1. The predicted molar refractivity (Wildman–Crippen MR) is 190 cm³/mol. The molecule has 0 saturated heterocycles. The lowest BCUT2D eigenvalue weighted by Gasteiger charge is -2.20. The van der Waals surface area contributed by atoms with Crippen molar-refractivity contribution >= 4 is 29.2 Å². The van der Waals surface area contributed by atoms with Crippen molar-refractivity contribution in [2.45, 2.75) is 77.1 Å². The van der Waals surface area contributed by atoms with Gasteiger partial charge in [0.2, 0.25) is 0 Å². The maximum Gasteiger partial charge on any atom is 0.328 e. The number of carbonyl (C=O) groups excluding carboxylic acids is 2. The Balaban J connectivity index is 0.00000235. The number of phenolic OH excluding ortho intramolecular Hbond substituents is 1. The van der Waals surface area contributed by atoms with Gasteiger partial charge in [0.15, 0.2) is 5.78 Å². The number of aromatic hydroxyl groups is 1. The molecule has 0 fully saturated rings. The number of Topliss-reactive ketones (excluding diaryl/α,β-unsaturated/α-hetero) is 1. The van der Waals surface area contributed by atoms with Gasteiger partial charge in [-0.2, -0.15) is 0 Å². The molecule has 1 aliphatic heterocycles. The third-order valence-electron chi connectivity index (χ3n) is 8.10. The lowest BCUT2D eigenvalue weighted by Crippen LogP contribution is -2.33. The number of benzene rings is 3. The number of nitrogens with one attached hydrogen (secondary N) is 2. The van der Waals surface area contributed by atoms with Crippen LogP contribution in [-0.2, 0) is 22.4 Å². The molecule has 2 unspecified atom stereocenters. The Labute approximate surface area is 278 Å². The van der Waals surface area contributed by atoms with Gasteiger partial charge in [-0.25, -0.2) is 4.79 Å². The van der Waals surface area contributed by atoms with Crippen molar-refractivity contribution in [2.75, 3.05) is 12.4 Å². The van der Waals surface area contributed by atoms with Crippen molar-refractivity contribution in [3.63, 3.8) is 0 Å². The van der Waals surface area contributed by atoms with Gasteiger partial charge in [-0.15, -0.1) is 0 Å². The molecule has 242 valence electrons. The van der Waals surface area contributed by atoms with E-state index in [2.05, 4.69) is 47.9 Å². The molecular weight excluding hydrogens is 593 g/mol. The fourth-order valence-electron chi connectivity index (χ4n) is 5.60. The van der Waals surface area contributed by atoms with E-state index < -0.39 is 6.04 Å². The van der Waals surface area contributed by atoms with E-state index >= 15 is 0 Å². The van der Waals surface area contributed by atoms with E-state index in [1.54, 1.807) is 12.1 Å². The third-order valence-corrected chi connectivity index (χ3v) is 9.33. The van der Waals surface area contributed by atoms with Crippen LogP contribution in [0.25, 0.3) is 0 Å². The molecule has 0 radical (unpaired) electrons. The summed E-state index contributed by atoms with van der Waals surface area (Å²) >= 11 is 1.82. The van der Waals surface area contributed by atoms with E-state index in [1.807, 2.05) is 74.2 Å². The van der Waals surface area contributed by atoms with E-state index in [0.717, 1.165) is 55.2 Å².